The van der Waals surface area contributed by atoms with Gasteiger partial charge in [0.1, 0.15) is 0 Å². The summed E-state index contributed by atoms with van der Waals surface area (Å²) in [6.45, 7) is 0. The normalized spacial score (nSPS) is 8.85. The fourth-order valence-corrected chi connectivity index (χ4v) is 1.17. The van der Waals surface area contributed by atoms with Gasteiger partial charge in [0.25, 0.3) is 0 Å². The number of benzene rings is 1. The molecule has 1 heterocycles. The van der Waals surface area contributed by atoms with Gasteiger partial charge in [-0.1, -0.05) is 6.07 Å². The summed E-state index contributed by atoms with van der Waals surface area (Å²) in [5, 5.41) is 16.0. The van der Waals surface area contributed by atoms with Crippen molar-refractivity contribution >= 4 is 10.9 Å². The molecule has 2 aromatic rings. The first-order chi connectivity index (χ1) is 6.42. The molecule has 1 N–H and O–H groups in total. The minimum atomic E-state index is 0.827. The van der Waals surface area contributed by atoms with Gasteiger partial charge in [0.05, 0.1) is 11.7 Å². The zero-order valence-electron chi connectivity index (χ0n) is 6.70. The van der Waals surface area contributed by atoms with Gasteiger partial charge in [-0.3, -0.25) is 5.10 Å². The number of fused-ring (bicyclic) bond motifs is 1. The van der Waals surface area contributed by atoms with Gasteiger partial charge in [0.15, 0.2) is 6.07 Å². The Labute approximate surface area is 75.0 Å². The van der Waals surface area contributed by atoms with Crippen LogP contribution in [0, 0.1) is 23.2 Å². The Morgan fingerprint density at radius 3 is 3.15 bits per heavy atom. The van der Waals surface area contributed by atoms with E-state index in [-0.39, 0.29) is 0 Å². The summed E-state index contributed by atoms with van der Waals surface area (Å²) in [4.78, 5) is 0. The van der Waals surface area contributed by atoms with E-state index in [1.165, 1.54) is 0 Å². The van der Waals surface area contributed by atoms with Gasteiger partial charge in [0, 0.05) is 16.9 Å². The molecule has 0 saturated carbocycles. The summed E-state index contributed by atoms with van der Waals surface area (Å²) < 4.78 is 0. The van der Waals surface area contributed by atoms with Crippen LogP contribution in [0.5, 0.6) is 0 Å². The summed E-state index contributed by atoms with van der Waals surface area (Å²) in [6, 6.07) is 7.44. The van der Waals surface area contributed by atoms with E-state index >= 15 is 0 Å². The summed E-state index contributed by atoms with van der Waals surface area (Å²) in [7, 11) is 0. The predicted octanol–water partition coefficient (Wildman–Crippen LogP) is 1.44. The van der Waals surface area contributed by atoms with Crippen LogP contribution in [-0.4, -0.2) is 10.2 Å². The molecule has 0 fully saturated rings. The quantitative estimate of drug-likeness (QED) is 0.603. The molecule has 0 radical (unpaired) electrons. The molecule has 60 valence electrons. The van der Waals surface area contributed by atoms with Crippen LogP contribution in [-0.2, 0) is 0 Å². The van der Waals surface area contributed by atoms with Crippen LogP contribution in [0.25, 0.3) is 10.9 Å². The highest BCUT2D eigenvalue weighted by Crippen LogP contribution is 2.14. The molecule has 1 aromatic heterocycles. The highest BCUT2D eigenvalue weighted by atomic mass is 15.1. The average molecular weight is 167 g/mol. The van der Waals surface area contributed by atoms with Crippen molar-refractivity contribution in [2.24, 2.45) is 0 Å². The first-order valence-corrected chi connectivity index (χ1v) is 3.74. The van der Waals surface area contributed by atoms with E-state index in [0.29, 0.717) is 0 Å². The second-order valence-electron chi connectivity index (χ2n) is 2.50. The molecule has 3 heteroatoms. The number of hydrogen-bond donors (Lipinski definition) is 1. The second kappa shape index (κ2) is 3.00. The van der Waals surface area contributed by atoms with Crippen LogP contribution in [0.15, 0.2) is 24.4 Å². The number of nitrogens with zero attached hydrogens (tertiary/aromatic N) is 2. The highest BCUT2D eigenvalue weighted by Gasteiger charge is 1.98. The lowest BCUT2D eigenvalue weighted by Crippen LogP contribution is -1.74. The van der Waals surface area contributed by atoms with Crippen LogP contribution in [0.3, 0.4) is 0 Å². The highest BCUT2D eigenvalue weighted by molar-refractivity contribution is 5.84. The van der Waals surface area contributed by atoms with Gasteiger partial charge in [-0.05, 0) is 18.1 Å². The SMILES string of the molecule is N#CC#Cc1cccc2[nH]ncc12. The fraction of sp³-hybridized carbons (Fsp3) is 0. The van der Waals surface area contributed by atoms with Gasteiger partial charge >= 0.3 is 0 Å². The van der Waals surface area contributed by atoms with Crippen LogP contribution in [0.4, 0.5) is 0 Å². The molecule has 2 rings (SSSR count). The zero-order chi connectivity index (χ0) is 9.10. The van der Waals surface area contributed by atoms with E-state index in [0.717, 1.165) is 16.5 Å². The smallest absolute Gasteiger partial charge is 0.152 e. The van der Waals surface area contributed by atoms with Gasteiger partial charge in [-0.2, -0.15) is 10.4 Å². The maximum atomic E-state index is 8.30. The van der Waals surface area contributed by atoms with Crippen molar-refractivity contribution in [2.45, 2.75) is 0 Å². The third-order valence-corrected chi connectivity index (χ3v) is 1.74. The van der Waals surface area contributed by atoms with Crippen molar-refractivity contribution in [3.63, 3.8) is 0 Å². The van der Waals surface area contributed by atoms with Gasteiger partial charge < -0.3 is 0 Å². The molecule has 0 bridgehead atoms. The van der Waals surface area contributed by atoms with E-state index in [2.05, 4.69) is 22.0 Å². The topological polar surface area (TPSA) is 52.5 Å². The van der Waals surface area contributed by atoms with E-state index in [1.54, 1.807) is 12.3 Å². The van der Waals surface area contributed by atoms with Crippen molar-refractivity contribution in [3.8, 4) is 17.9 Å². The lowest BCUT2D eigenvalue weighted by Gasteiger charge is -1.90. The number of H-pyrrole nitrogens is 1. The largest absolute Gasteiger partial charge is 0.278 e. The molecular weight excluding hydrogens is 162 g/mol. The van der Waals surface area contributed by atoms with Crippen LogP contribution in [0.1, 0.15) is 5.56 Å². The number of aromatic amines is 1. The van der Waals surface area contributed by atoms with E-state index in [9.17, 15) is 0 Å². The minimum Gasteiger partial charge on any atom is -0.278 e. The standard InChI is InChI=1S/C10H5N3/c11-6-2-4-8-3-1-5-10-9(8)7-12-13-10/h1,3,5,7H,(H,12,13). The van der Waals surface area contributed by atoms with Crippen LogP contribution >= 0.6 is 0 Å². The van der Waals surface area contributed by atoms with Gasteiger partial charge in [0.2, 0.25) is 0 Å². The molecule has 0 amide bonds. The van der Waals surface area contributed by atoms with Crippen molar-refractivity contribution in [1.29, 1.82) is 5.26 Å². The lowest BCUT2D eigenvalue weighted by molar-refractivity contribution is 1.12. The van der Waals surface area contributed by atoms with Crippen molar-refractivity contribution in [1.82, 2.24) is 10.2 Å². The molecule has 1 aromatic carbocycles. The molecule has 0 aliphatic rings. The molecule has 0 unspecified atom stereocenters. The minimum absolute atomic E-state index is 0.827. The molecule has 0 spiro atoms. The Bertz CT molecular complexity index is 534. The Morgan fingerprint density at radius 2 is 2.31 bits per heavy atom. The zero-order valence-corrected chi connectivity index (χ0v) is 6.70. The molecular formula is C10H5N3. The number of rotatable bonds is 0. The molecule has 0 aliphatic heterocycles. The summed E-state index contributed by atoms with van der Waals surface area (Å²) >= 11 is 0. The van der Waals surface area contributed by atoms with Crippen LogP contribution in [0.2, 0.25) is 0 Å². The average Bonchev–Trinajstić information content (AvgIpc) is 2.62. The molecule has 3 nitrogen and oxygen atoms in total. The van der Waals surface area contributed by atoms with Crippen molar-refractivity contribution in [2.75, 3.05) is 0 Å². The van der Waals surface area contributed by atoms with Crippen molar-refractivity contribution in [3.05, 3.63) is 30.0 Å². The monoisotopic (exact) mass is 167 g/mol. The summed E-state index contributed by atoms with van der Waals surface area (Å²) in [5.41, 5.74) is 1.76. The Kier molecular flexibility index (Phi) is 1.71. The van der Waals surface area contributed by atoms with Crippen molar-refractivity contribution < 1.29 is 0 Å². The maximum Gasteiger partial charge on any atom is 0.152 e. The Balaban J connectivity index is 2.69. The van der Waals surface area contributed by atoms with E-state index in [1.807, 2.05) is 18.2 Å². The number of nitrogens with one attached hydrogen (secondary N) is 1. The maximum absolute atomic E-state index is 8.30. The summed E-state index contributed by atoms with van der Waals surface area (Å²) in [5.74, 6) is 5.11. The summed E-state index contributed by atoms with van der Waals surface area (Å²) in [6.07, 6.45) is 1.71. The molecule has 0 aliphatic carbocycles. The van der Waals surface area contributed by atoms with Gasteiger partial charge in [-0.15, -0.1) is 0 Å². The lowest BCUT2D eigenvalue weighted by atomic mass is 10.1. The number of hydrogen-bond acceptors (Lipinski definition) is 2. The first-order valence-electron chi connectivity index (χ1n) is 3.74. The predicted molar refractivity (Wildman–Crippen MR) is 48.6 cm³/mol. The molecule has 0 saturated heterocycles. The number of aromatic nitrogens is 2. The third kappa shape index (κ3) is 1.23. The van der Waals surface area contributed by atoms with Crippen LogP contribution < -0.4 is 0 Å². The fourth-order valence-electron chi connectivity index (χ4n) is 1.17. The third-order valence-electron chi connectivity index (χ3n) is 1.74. The van der Waals surface area contributed by atoms with E-state index in [4.69, 9.17) is 5.26 Å². The first kappa shape index (κ1) is 7.39. The number of nitriles is 1. The Hall–Kier alpha value is -2.26. The Morgan fingerprint density at radius 1 is 1.38 bits per heavy atom. The van der Waals surface area contributed by atoms with Gasteiger partial charge in [-0.25, -0.2) is 0 Å². The molecule has 0 atom stereocenters. The van der Waals surface area contributed by atoms with E-state index < -0.39 is 0 Å². The second-order valence-corrected chi connectivity index (χ2v) is 2.50. The molecule has 13 heavy (non-hydrogen) atoms.